The van der Waals surface area contributed by atoms with Crippen molar-refractivity contribution in [3.63, 3.8) is 0 Å². The lowest BCUT2D eigenvalue weighted by Gasteiger charge is -2.16. The molecule has 2 rings (SSSR count). The number of carboxylic acids is 1. The molecule has 0 aliphatic carbocycles. The number of rotatable bonds is 7. The van der Waals surface area contributed by atoms with Crippen LogP contribution in [-0.2, 0) is 4.79 Å². The summed E-state index contributed by atoms with van der Waals surface area (Å²) in [4.78, 5) is 11.5. The quantitative estimate of drug-likeness (QED) is 0.814. The summed E-state index contributed by atoms with van der Waals surface area (Å²) in [6.07, 6.45) is 0.940. The zero-order chi connectivity index (χ0) is 15.1. The number of aliphatic carboxylic acids is 1. The van der Waals surface area contributed by atoms with Crippen LogP contribution in [0.2, 0.25) is 0 Å². The molecule has 21 heavy (non-hydrogen) atoms. The first-order valence-electron chi connectivity index (χ1n) is 6.98. The van der Waals surface area contributed by atoms with Gasteiger partial charge in [-0.2, -0.15) is 0 Å². The summed E-state index contributed by atoms with van der Waals surface area (Å²) in [5.41, 5.74) is 1.46. The van der Waals surface area contributed by atoms with Crippen LogP contribution in [0.5, 0.6) is 5.75 Å². The molecule has 0 aromatic heterocycles. The zero-order valence-corrected chi connectivity index (χ0v) is 12.0. The van der Waals surface area contributed by atoms with Crippen LogP contribution in [0, 0.1) is 0 Å². The van der Waals surface area contributed by atoms with E-state index in [1.54, 1.807) is 24.3 Å². The average Bonchev–Trinajstić information content (AvgIpc) is 2.52. The fourth-order valence-corrected chi connectivity index (χ4v) is 1.97. The van der Waals surface area contributed by atoms with Crippen molar-refractivity contribution >= 4 is 11.7 Å². The van der Waals surface area contributed by atoms with Crippen molar-refractivity contribution < 1.29 is 14.6 Å². The lowest BCUT2D eigenvalue weighted by molar-refractivity contribution is -0.138. The van der Waals surface area contributed by atoms with Crippen molar-refractivity contribution in [1.82, 2.24) is 0 Å². The van der Waals surface area contributed by atoms with E-state index < -0.39 is 12.0 Å². The minimum Gasteiger partial charge on any atom is -0.494 e. The third-order valence-electron chi connectivity index (χ3n) is 3.02. The van der Waals surface area contributed by atoms with Crippen LogP contribution >= 0.6 is 0 Å². The van der Waals surface area contributed by atoms with Crippen LogP contribution < -0.4 is 10.1 Å². The van der Waals surface area contributed by atoms with Crippen molar-refractivity contribution in [2.75, 3.05) is 11.9 Å². The molecule has 0 amide bonds. The number of carboxylic acid groups (broad SMARTS) is 1. The van der Waals surface area contributed by atoms with Crippen molar-refractivity contribution in [3.8, 4) is 5.75 Å². The molecule has 0 heterocycles. The standard InChI is InChI=1S/C17H19NO3/c1-2-12-21-15-10-8-13(9-11-15)16(17(19)20)18-14-6-4-3-5-7-14/h3-11,16,18H,2,12H2,1H3,(H,19,20). The van der Waals surface area contributed by atoms with Crippen LogP contribution in [0.3, 0.4) is 0 Å². The molecule has 0 spiro atoms. The van der Waals surface area contributed by atoms with Gasteiger partial charge in [-0.1, -0.05) is 37.3 Å². The molecule has 1 unspecified atom stereocenters. The van der Waals surface area contributed by atoms with Gasteiger partial charge < -0.3 is 15.2 Å². The van der Waals surface area contributed by atoms with Gasteiger partial charge in [0.15, 0.2) is 6.04 Å². The summed E-state index contributed by atoms with van der Waals surface area (Å²) in [5, 5.41) is 12.4. The van der Waals surface area contributed by atoms with E-state index in [9.17, 15) is 9.90 Å². The van der Waals surface area contributed by atoms with Gasteiger partial charge in [0, 0.05) is 5.69 Å². The summed E-state index contributed by atoms with van der Waals surface area (Å²) in [6.45, 7) is 2.70. The highest BCUT2D eigenvalue weighted by molar-refractivity contribution is 5.79. The van der Waals surface area contributed by atoms with E-state index in [4.69, 9.17) is 4.74 Å². The van der Waals surface area contributed by atoms with E-state index in [1.807, 2.05) is 37.3 Å². The molecule has 1 atom stereocenters. The Morgan fingerprint density at radius 2 is 1.81 bits per heavy atom. The molecule has 0 aliphatic rings. The van der Waals surface area contributed by atoms with E-state index in [-0.39, 0.29) is 0 Å². The van der Waals surface area contributed by atoms with E-state index in [0.717, 1.165) is 17.9 Å². The Morgan fingerprint density at radius 3 is 2.38 bits per heavy atom. The van der Waals surface area contributed by atoms with Gasteiger partial charge >= 0.3 is 5.97 Å². The van der Waals surface area contributed by atoms with Crippen LogP contribution in [0.15, 0.2) is 54.6 Å². The molecule has 2 aromatic rings. The maximum atomic E-state index is 11.5. The Morgan fingerprint density at radius 1 is 1.14 bits per heavy atom. The molecule has 4 nitrogen and oxygen atoms in total. The molecule has 110 valence electrons. The Bertz CT molecular complexity index is 566. The second kappa shape index (κ2) is 7.33. The van der Waals surface area contributed by atoms with Crippen molar-refractivity contribution in [2.45, 2.75) is 19.4 Å². The molecule has 4 heteroatoms. The van der Waals surface area contributed by atoms with Crippen molar-refractivity contribution in [1.29, 1.82) is 0 Å². The Balaban J connectivity index is 2.13. The van der Waals surface area contributed by atoms with Gasteiger partial charge in [0.2, 0.25) is 0 Å². The topological polar surface area (TPSA) is 58.6 Å². The highest BCUT2D eigenvalue weighted by atomic mass is 16.5. The lowest BCUT2D eigenvalue weighted by Crippen LogP contribution is -2.20. The predicted molar refractivity (Wildman–Crippen MR) is 82.7 cm³/mol. The number of hydrogen-bond donors (Lipinski definition) is 2. The van der Waals surface area contributed by atoms with Crippen LogP contribution in [0.1, 0.15) is 24.9 Å². The number of carbonyl (C=O) groups is 1. The van der Waals surface area contributed by atoms with Crippen LogP contribution in [0.4, 0.5) is 5.69 Å². The van der Waals surface area contributed by atoms with Gasteiger partial charge in [0.05, 0.1) is 6.61 Å². The molecule has 0 saturated carbocycles. The molecule has 0 aliphatic heterocycles. The second-order valence-electron chi connectivity index (χ2n) is 4.70. The van der Waals surface area contributed by atoms with Crippen molar-refractivity contribution in [2.24, 2.45) is 0 Å². The van der Waals surface area contributed by atoms with E-state index in [0.29, 0.717) is 12.2 Å². The van der Waals surface area contributed by atoms with Gasteiger partial charge in [-0.3, -0.25) is 0 Å². The first-order chi connectivity index (χ1) is 10.2. The molecular weight excluding hydrogens is 266 g/mol. The molecule has 0 bridgehead atoms. The third-order valence-corrected chi connectivity index (χ3v) is 3.02. The second-order valence-corrected chi connectivity index (χ2v) is 4.70. The number of benzene rings is 2. The van der Waals surface area contributed by atoms with Gasteiger partial charge in [0.1, 0.15) is 5.75 Å². The first kappa shape index (κ1) is 14.9. The largest absolute Gasteiger partial charge is 0.494 e. The van der Waals surface area contributed by atoms with Crippen LogP contribution in [-0.4, -0.2) is 17.7 Å². The molecule has 0 radical (unpaired) electrons. The number of anilines is 1. The van der Waals surface area contributed by atoms with E-state index in [2.05, 4.69) is 5.32 Å². The minimum atomic E-state index is -0.916. The summed E-state index contributed by atoms with van der Waals surface area (Å²) in [7, 11) is 0. The summed E-state index contributed by atoms with van der Waals surface area (Å²) in [6, 6.07) is 15.7. The van der Waals surface area contributed by atoms with Crippen molar-refractivity contribution in [3.05, 3.63) is 60.2 Å². The van der Waals surface area contributed by atoms with Gasteiger partial charge in [-0.15, -0.1) is 0 Å². The summed E-state index contributed by atoms with van der Waals surface area (Å²) in [5.74, 6) is -0.162. The fourth-order valence-electron chi connectivity index (χ4n) is 1.97. The Labute approximate surface area is 124 Å². The van der Waals surface area contributed by atoms with Crippen LogP contribution in [0.25, 0.3) is 0 Å². The molecule has 2 N–H and O–H groups in total. The van der Waals surface area contributed by atoms with Gasteiger partial charge in [-0.05, 0) is 36.2 Å². The van der Waals surface area contributed by atoms with E-state index in [1.165, 1.54) is 0 Å². The Hall–Kier alpha value is -2.49. The molecular formula is C17H19NO3. The van der Waals surface area contributed by atoms with E-state index >= 15 is 0 Å². The monoisotopic (exact) mass is 285 g/mol. The predicted octanol–water partition coefficient (Wildman–Crippen LogP) is 3.71. The lowest BCUT2D eigenvalue weighted by atomic mass is 10.1. The summed E-state index contributed by atoms with van der Waals surface area (Å²) < 4.78 is 5.50. The third kappa shape index (κ3) is 4.24. The molecule has 2 aromatic carbocycles. The highest BCUT2D eigenvalue weighted by Crippen LogP contribution is 2.22. The van der Waals surface area contributed by atoms with Gasteiger partial charge in [0.25, 0.3) is 0 Å². The Kier molecular flexibility index (Phi) is 5.21. The summed E-state index contributed by atoms with van der Waals surface area (Å²) >= 11 is 0. The van der Waals surface area contributed by atoms with Gasteiger partial charge in [-0.25, -0.2) is 4.79 Å². The number of para-hydroxylation sites is 1. The maximum absolute atomic E-state index is 11.5. The maximum Gasteiger partial charge on any atom is 0.330 e. The first-order valence-corrected chi connectivity index (χ1v) is 6.98. The molecule has 0 fully saturated rings. The smallest absolute Gasteiger partial charge is 0.330 e. The fraction of sp³-hybridized carbons (Fsp3) is 0.235. The number of nitrogens with one attached hydrogen (secondary N) is 1. The number of hydrogen-bond acceptors (Lipinski definition) is 3. The number of ether oxygens (including phenoxy) is 1. The molecule has 0 saturated heterocycles. The average molecular weight is 285 g/mol. The highest BCUT2D eigenvalue weighted by Gasteiger charge is 2.19. The zero-order valence-electron chi connectivity index (χ0n) is 12.0. The SMILES string of the molecule is CCCOc1ccc(C(Nc2ccccc2)C(=O)O)cc1. The minimum absolute atomic E-state index is 0.657. The normalized spacial score (nSPS) is 11.7.